The van der Waals surface area contributed by atoms with E-state index in [0.717, 1.165) is 22.3 Å². The molecule has 3 nitrogen and oxygen atoms in total. The molecule has 0 aliphatic carbocycles. The number of nitrogens with zero attached hydrogens (tertiary/aromatic N) is 1. The molecule has 0 radical (unpaired) electrons. The Labute approximate surface area is 148 Å². The summed E-state index contributed by atoms with van der Waals surface area (Å²) in [6.45, 7) is 3.18. The number of ether oxygens (including phenoxy) is 2. The topological polar surface area (TPSA) is 31.4 Å². The van der Waals surface area contributed by atoms with E-state index in [1.165, 1.54) is 21.2 Å². The van der Waals surface area contributed by atoms with Gasteiger partial charge in [-0.1, -0.05) is 22.0 Å². The van der Waals surface area contributed by atoms with Crippen LogP contribution in [0, 0.1) is 6.92 Å². The van der Waals surface area contributed by atoms with E-state index in [0.29, 0.717) is 13.2 Å². The highest BCUT2D eigenvalue weighted by molar-refractivity contribution is 9.08. The summed E-state index contributed by atoms with van der Waals surface area (Å²) < 4.78 is 11.9. The third-order valence-corrected chi connectivity index (χ3v) is 5.27. The first-order chi connectivity index (χ1) is 11.2. The van der Waals surface area contributed by atoms with Crippen LogP contribution >= 0.6 is 27.3 Å². The number of aryl methyl sites for hydroxylation is 1. The van der Waals surface area contributed by atoms with Crippen molar-refractivity contribution in [3.05, 3.63) is 47.0 Å². The molecule has 2 aromatic heterocycles. The van der Waals surface area contributed by atoms with Gasteiger partial charge in [-0.05, 0) is 36.2 Å². The lowest BCUT2D eigenvalue weighted by molar-refractivity contribution is 0.146. The Morgan fingerprint density at radius 1 is 1.22 bits per heavy atom. The number of fused-ring (bicyclic) bond motifs is 1. The molecule has 0 N–H and O–H groups in total. The van der Waals surface area contributed by atoms with Crippen LogP contribution in [0.3, 0.4) is 0 Å². The fourth-order valence-electron chi connectivity index (χ4n) is 2.50. The Bertz CT molecular complexity index is 816. The summed E-state index contributed by atoms with van der Waals surface area (Å²) in [5.41, 5.74) is 4.59. The first-order valence-electron chi connectivity index (χ1n) is 7.37. The van der Waals surface area contributed by atoms with E-state index < -0.39 is 0 Å². The van der Waals surface area contributed by atoms with Crippen molar-refractivity contribution >= 4 is 37.4 Å². The molecule has 0 spiro atoms. The van der Waals surface area contributed by atoms with Gasteiger partial charge in [-0.15, -0.1) is 11.3 Å². The van der Waals surface area contributed by atoms with Crippen molar-refractivity contribution in [3.63, 3.8) is 0 Å². The van der Waals surface area contributed by atoms with Crippen LogP contribution in [0.1, 0.15) is 11.1 Å². The Morgan fingerprint density at radius 3 is 2.83 bits per heavy atom. The average Bonchev–Trinajstić information content (AvgIpc) is 2.98. The minimum absolute atomic E-state index is 0.535. The minimum Gasteiger partial charge on any atom is -0.490 e. The number of thiophene rings is 1. The van der Waals surface area contributed by atoms with Crippen LogP contribution in [-0.2, 0) is 10.1 Å². The standard InChI is InChI=1S/C18H18BrNO2S/c1-12-7-14(22-6-5-21-2)10-20-18(12)16-11-23-17-4-3-13(9-19)8-15(16)17/h3-4,7-8,10-11H,5-6,9H2,1-2H3. The lowest BCUT2D eigenvalue weighted by atomic mass is 10.0. The SMILES string of the molecule is COCCOc1cnc(-c2csc3ccc(CBr)cc23)c(C)c1. The van der Waals surface area contributed by atoms with E-state index >= 15 is 0 Å². The molecule has 120 valence electrons. The van der Waals surface area contributed by atoms with Gasteiger partial charge < -0.3 is 9.47 Å². The van der Waals surface area contributed by atoms with Crippen molar-refractivity contribution in [2.75, 3.05) is 20.3 Å². The highest BCUT2D eigenvalue weighted by Gasteiger charge is 2.11. The second kappa shape index (κ2) is 7.43. The highest BCUT2D eigenvalue weighted by atomic mass is 79.9. The van der Waals surface area contributed by atoms with Crippen molar-refractivity contribution in [3.8, 4) is 17.0 Å². The van der Waals surface area contributed by atoms with Crippen LogP contribution in [-0.4, -0.2) is 25.3 Å². The molecule has 0 saturated heterocycles. The molecule has 0 aliphatic rings. The summed E-state index contributed by atoms with van der Waals surface area (Å²) in [7, 11) is 1.67. The van der Waals surface area contributed by atoms with Gasteiger partial charge >= 0.3 is 0 Å². The maximum Gasteiger partial charge on any atom is 0.138 e. The lowest BCUT2D eigenvalue weighted by Gasteiger charge is -2.09. The molecule has 3 aromatic rings. The van der Waals surface area contributed by atoms with E-state index in [2.05, 4.69) is 51.4 Å². The van der Waals surface area contributed by atoms with Crippen molar-refractivity contribution in [2.45, 2.75) is 12.3 Å². The molecule has 0 unspecified atom stereocenters. The molecule has 0 fully saturated rings. The molecule has 23 heavy (non-hydrogen) atoms. The van der Waals surface area contributed by atoms with Gasteiger partial charge in [0.2, 0.25) is 0 Å². The summed E-state index contributed by atoms with van der Waals surface area (Å²) in [4.78, 5) is 4.63. The zero-order chi connectivity index (χ0) is 16.2. The number of alkyl halides is 1. The molecule has 0 bridgehead atoms. The molecule has 5 heteroatoms. The van der Waals surface area contributed by atoms with Gasteiger partial charge in [-0.3, -0.25) is 4.98 Å². The van der Waals surface area contributed by atoms with Gasteiger partial charge in [-0.25, -0.2) is 0 Å². The number of rotatable bonds is 6. The van der Waals surface area contributed by atoms with Gasteiger partial charge in [0.1, 0.15) is 12.4 Å². The number of aromatic nitrogens is 1. The summed E-state index contributed by atoms with van der Waals surface area (Å²) >= 11 is 5.28. The van der Waals surface area contributed by atoms with Gasteiger partial charge in [0.15, 0.2) is 0 Å². The number of pyridine rings is 1. The first kappa shape index (κ1) is 16.4. The second-order valence-electron chi connectivity index (χ2n) is 5.29. The lowest BCUT2D eigenvalue weighted by Crippen LogP contribution is -2.04. The zero-order valence-electron chi connectivity index (χ0n) is 13.1. The quantitative estimate of drug-likeness (QED) is 0.427. The van der Waals surface area contributed by atoms with Crippen molar-refractivity contribution in [2.24, 2.45) is 0 Å². The van der Waals surface area contributed by atoms with Crippen molar-refractivity contribution in [1.29, 1.82) is 0 Å². The van der Waals surface area contributed by atoms with Crippen LogP contribution < -0.4 is 4.74 Å². The number of hydrogen-bond acceptors (Lipinski definition) is 4. The van der Waals surface area contributed by atoms with Gasteiger partial charge in [0.05, 0.1) is 18.5 Å². The molecule has 2 heterocycles. The van der Waals surface area contributed by atoms with Crippen LogP contribution in [0.4, 0.5) is 0 Å². The summed E-state index contributed by atoms with van der Waals surface area (Å²) in [6.07, 6.45) is 1.79. The molecule has 0 atom stereocenters. The summed E-state index contributed by atoms with van der Waals surface area (Å²) in [6, 6.07) is 8.61. The minimum atomic E-state index is 0.535. The van der Waals surface area contributed by atoms with Crippen LogP contribution in [0.25, 0.3) is 21.3 Å². The number of methoxy groups -OCH3 is 1. The fourth-order valence-corrected chi connectivity index (χ4v) is 3.77. The van der Waals surface area contributed by atoms with Gasteiger partial charge in [0.25, 0.3) is 0 Å². The zero-order valence-corrected chi connectivity index (χ0v) is 15.5. The largest absolute Gasteiger partial charge is 0.490 e. The Morgan fingerprint density at radius 2 is 2.09 bits per heavy atom. The van der Waals surface area contributed by atoms with E-state index in [9.17, 15) is 0 Å². The van der Waals surface area contributed by atoms with Crippen LogP contribution in [0.5, 0.6) is 5.75 Å². The molecular formula is C18H18BrNO2S. The smallest absolute Gasteiger partial charge is 0.138 e. The summed E-state index contributed by atoms with van der Waals surface area (Å²) in [5.74, 6) is 0.781. The fraction of sp³-hybridized carbons (Fsp3) is 0.278. The molecule has 0 aliphatic heterocycles. The van der Waals surface area contributed by atoms with Gasteiger partial charge in [0, 0.05) is 33.5 Å². The van der Waals surface area contributed by atoms with Gasteiger partial charge in [-0.2, -0.15) is 0 Å². The van der Waals surface area contributed by atoms with E-state index in [1.54, 1.807) is 24.6 Å². The molecule has 0 saturated carbocycles. The van der Waals surface area contributed by atoms with Crippen LogP contribution in [0.2, 0.25) is 0 Å². The van der Waals surface area contributed by atoms with E-state index in [1.807, 2.05) is 6.07 Å². The predicted molar refractivity (Wildman–Crippen MR) is 99.8 cm³/mol. The van der Waals surface area contributed by atoms with Crippen LogP contribution in [0.15, 0.2) is 35.8 Å². The number of hydrogen-bond donors (Lipinski definition) is 0. The Hall–Kier alpha value is -1.43. The first-order valence-corrected chi connectivity index (χ1v) is 9.38. The molecule has 3 rings (SSSR count). The Balaban J connectivity index is 1.95. The average molecular weight is 392 g/mol. The summed E-state index contributed by atoms with van der Waals surface area (Å²) in [5, 5.41) is 4.30. The highest BCUT2D eigenvalue weighted by Crippen LogP contribution is 2.36. The van der Waals surface area contributed by atoms with Crippen molar-refractivity contribution in [1.82, 2.24) is 4.98 Å². The maximum atomic E-state index is 5.63. The number of benzene rings is 1. The molecule has 1 aromatic carbocycles. The Kier molecular flexibility index (Phi) is 5.30. The monoisotopic (exact) mass is 391 g/mol. The normalized spacial score (nSPS) is 11.1. The molecule has 0 amide bonds. The maximum absolute atomic E-state index is 5.63. The third kappa shape index (κ3) is 3.57. The van der Waals surface area contributed by atoms with E-state index in [4.69, 9.17) is 9.47 Å². The number of halogens is 1. The van der Waals surface area contributed by atoms with Crippen molar-refractivity contribution < 1.29 is 9.47 Å². The molecular weight excluding hydrogens is 374 g/mol. The predicted octanol–water partition coefficient (Wildman–Crippen LogP) is 5.19. The van der Waals surface area contributed by atoms with E-state index in [-0.39, 0.29) is 0 Å². The third-order valence-electron chi connectivity index (χ3n) is 3.66. The second-order valence-corrected chi connectivity index (χ2v) is 6.76.